The summed E-state index contributed by atoms with van der Waals surface area (Å²) in [6.07, 6.45) is 0. The van der Waals surface area contributed by atoms with Crippen LogP contribution in [0.4, 0.5) is 0 Å². The lowest BCUT2D eigenvalue weighted by Crippen LogP contribution is -2.25. The number of hydrogen-bond donors (Lipinski definition) is 0. The molecule has 13 heavy (non-hydrogen) atoms. The van der Waals surface area contributed by atoms with Crippen LogP contribution in [0, 0.1) is 6.92 Å². The smallest absolute Gasteiger partial charge is 0.0233 e. The molecule has 1 rings (SSSR count). The molecule has 0 unspecified atom stereocenters. The monoisotopic (exact) mass is 177 g/mol. The number of nitrogens with zero attached hydrogens (tertiary/aromatic N) is 1. The Kier molecular flexibility index (Phi) is 3.49. The third-order valence-electron chi connectivity index (χ3n) is 2.43. The molecule has 0 aliphatic carbocycles. The molecule has 0 saturated carbocycles. The zero-order valence-electron chi connectivity index (χ0n) is 9.04. The highest BCUT2D eigenvalue weighted by Gasteiger charge is 2.02. The highest BCUT2D eigenvalue weighted by atomic mass is 15.1. The van der Waals surface area contributed by atoms with Crippen molar-refractivity contribution in [3.8, 4) is 0 Å². The Morgan fingerprint density at radius 2 is 1.69 bits per heavy atom. The van der Waals surface area contributed by atoms with Gasteiger partial charge >= 0.3 is 0 Å². The van der Waals surface area contributed by atoms with E-state index in [2.05, 4.69) is 57.0 Å². The Bertz CT molecular complexity index is 248. The van der Waals surface area contributed by atoms with Crippen LogP contribution in [0.5, 0.6) is 0 Å². The largest absolute Gasteiger partial charge is 0.300 e. The van der Waals surface area contributed by atoms with Gasteiger partial charge in [0.2, 0.25) is 0 Å². The number of rotatable bonds is 3. The summed E-state index contributed by atoms with van der Waals surface area (Å²) >= 11 is 0. The molecular weight excluding hydrogens is 158 g/mol. The molecule has 0 fully saturated rings. The van der Waals surface area contributed by atoms with E-state index < -0.39 is 0 Å². The van der Waals surface area contributed by atoms with Gasteiger partial charge in [0.15, 0.2) is 0 Å². The van der Waals surface area contributed by atoms with Crippen LogP contribution in [0.15, 0.2) is 24.3 Å². The molecule has 0 aromatic heterocycles. The molecule has 1 heteroatoms. The first-order valence-electron chi connectivity index (χ1n) is 4.85. The van der Waals surface area contributed by atoms with Crippen LogP contribution in [-0.2, 0) is 6.54 Å². The molecule has 0 spiro atoms. The summed E-state index contributed by atoms with van der Waals surface area (Å²) in [7, 11) is 2.16. The van der Waals surface area contributed by atoms with Crippen LogP contribution < -0.4 is 0 Å². The summed E-state index contributed by atoms with van der Waals surface area (Å²) in [6, 6.07) is 9.36. The van der Waals surface area contributed by atoms with E-state index in [1.165, 1.54) is 11.1 Å². The van der Waals surface area contributed by atoms with E-state index in [4.69, 9.17) is 0 Å². The van der Waals surface area contributed by atoms with Gasteiger partial charge in [-0.3, -0.25) is 4.90 Å². The molecule has 0 N–H and O–H groups in total. The molecule has 1 nitrogen and oxygen atoms in total. The van der Waals surface area contributed by atoms with Gasteiger partial charge in [0.1, 0.15) is 0 Å². The van der Waals surface area contributed by atoms with Gasteiger partial charge in [0, 0.05) is 12.6 Å². The molecule has 1 aromatic carbocycles. The molecule has 0 radical (unpaired) electrons. The summed E-state index contributed by atoms with van der Waals surface area (Å²) in [6.45, 7) is 7.59. The Morgan fingerprint density at radius 1 is 1.15 bits per heavy atom. The van der Waals surface area contributed by atoms with E-state index in [0.717, 1.165) is 6.54 Å². The summed E-state index contributed by atoms with van der Waals surface area (Å²) in [5.74, 6) is 0. The van der Waals surface area contributed by atoms with E-state index in [-0.39, 0.29) is 0 Å². The van der Waals surface area contributed by atoms with Gasteiger partial charge in [-0.15, -0.1) is 0 Å². The fraction of sp³-hybridized carbons (Fsp3) is 0.500. The Hall–Kier alpha value is -0.820. The van der Waals surface area contributed by atoms with E-state index >= 15 is 0 Å². The lowest BCUT2D eigenvalue weighted by atomic mass is 10.1. The normalized spacial score (nSPS) is 11.2. The average molecular weight is 177 g/mol. The van der Waals surface area contributed by atoms with Crippen molar-refractivity contribution in [1.82, 2.24) is 4.90 Å². The van der Waals surface area contributed by atoms with Gasteiger partial charge in [-0.2, -0.15) is 0 Å². The number of hydrogen-bond acceptors (Lipinski definition) is 1. The van der Waals surface area contributed by atoms with Crippen molar-refractivity contribution in [3.05, 3.63) is 35.4 Å². The van der Waals surface area contributed by atoms with Crippen LogP contribution in [0.25, 0.3) is 0 Å². The topological polar surface area (TPSA) is 3.24 Å². The maximum absolute atomic E-state index is 2.34. The predicted molar refractivity (Wildman–Crippen MR) is 57.8 cm³/mol. The molecule has 0 atom stereocenters. The number of benzene rings is 1. The minimum Gasteiger partial charge on any atom is -0.300 e. The Balaban J connectivity index is 2.59. The third-order valence-corrected chi connectivity index (χ3v) is 2.43. The van der Waals surface area contributed by atoms with Gasteiger partial charge in [0.25, 0.3) is 0 Å². The highest BCUT2D eigenvalue weighted by molar-refractivity contribution is 5.21. The quantitative estimate of drug-likeness (QED) is 0.686. The van der Waals surface area contributed by atoms with E-state index in [9.17, 15) is 0 Å². The standard InChI is InChI=1S/C12H19N/c1-10(2)13(4)9-12-7-5-11(3)6-8-12/h5-8,10H,9H2,1-4H3. The molecule has 0 amide bonds. The number of aryl methyl sites for hydroxylation is 1. The van der Waals surface area contributed by atoms with Crippen molar-refractivity contribution in [2.45, 2.75) is 33.4 Å². The zero-order valence-corrected chi connectivity index (χ0v) is 9.04. The minimum atomic E-state index is 0.612. The molecule has 0 aliphatic heterocycles. The van der Waals surface area contributed by atoms with Crippen molar-refractivity contribution < 1.29 is 0 Å². The second-order valence-electron chi connectivity index (χ2n) is 3.99. The summed E-state index contributed by atoms with van der Waals surface area (Å²) in [5.41, 5.74) is 2.72. The molecule has 0 aliphatic rings. The lowest BCUT2D eigenvalue weighted by molar-refractivity contribution is 0.266. The molecule has 72 valence electrons. The lowest BCUT2D eigenvalue weighted by Gasteiger charge is -2.20. The second kappa shape index (κ2) is 4.43. The van der Waals surface area contributed by atoms with Gasteiger partial charge < -0.3 is 0 Å². The van der Waals surface area contributed by atoms with Crippen molar-refractivity contribution >= 4 is 0 Å². The zero-order chi connectivity index (χ0) is 9.84. The molecular formula is C12H19N. The van der Waals surface area contributed by atoms with Gasteiger partial charge in [-0.25, -0.2) is 0 Å². The summed E-state index contributed by atoms with van der Waals surface area (Å²) < 4.78 is 0. The molecule has 0 saturated heterocycles. The fourth-order valence-corrected chi connectivity index (χ4v) is 1.16. The van der Waals surface area contributed by atoms with E-state index in [1.807, 2.05) is 0 Å². The van der Waals surface area contributed by atoms with Gasteiger partial charge in [-0.1, -0.05) is 29.8 Å². The van der Waals surface area contributed by atoms with Crippen LogP contribution in [0.1, 0.15) is 25.0 Å². The fourth-order valence-electron chi connectivity index (χ4n) is 1.16. The molecule has 0 heterocycles. The van der Waals surface area contributed by atoms with Crippen LogP contribution >= 0.6 is 0 Å². The van der Waals surface area contributed by atoms with E-state index in [1.54, 1.807) is 0 Å². The molecule has 1 aromatic rings. The summed E-state index contributed by atoms with van der Waals surface area (Å²) in [4.78, 5) is 2.34. The average Bonchev–Trinajstić information content (AvgIpc) is 2.08. The van der Waals surface area contributed by atoms with E-state index in [0.29, 0.717) is 6.04 Å². The first-order chi connectivity index (χ1) is 6.09. The Morgan fingerprint density at radius 3 is 2.15 bits per heavy atom. The maximum Gasteiger partial charge on any atom is 0.0233 e. The summed E-state index contributed by atoms with van der Waals surface area (Å²) in [5, 5.41) is 0. The SMILES string of the molecule is Cc1ccc(CN(C)C(C)C)cc1. The van der Waals surface area contributed by atoms with Gasteiger partial charge in [-0.05, 0) is 33.4 Å². The van der Waals surface area contributed by atoms with Crippen LogP contribution in [-0.4, -0.2) is 18.0 Å². The van der Waals surface area contributed by atoms with Crippen LogP contribution in [0.3, 0.4) is 0 Å². The molecule has 0 bridgehead atoms. The van der Waals surface area contributed by atoms with Crippen LogP contribution in [0.2, 0.25) is 0 Å². The minimum absolute atomic E-state index is 0.612. The first kappa shape index (κ1) is 10.3. The highest BCUT2D eigenvalue weighted by Crippen LogP contribution is 2.07. The Labute approximate surface area is 81.4 Å². The van der Waals surface area contributed by atoms with Crippen molar-refractivity contribution in [3.63, 3.8) is 0 Å². The van der Waals surface area contributed by atoms with Crippen molar-refractivity contribution in [1.29, 1.82) is 0 Å². The van der Waals surface area contributed by atoms with Crippen molar-refractivity contribution in [2.75, 3.05) is 7.05 Å². The second-order valence-corrected chi connectivity index (χ2v) is 3.99. The van der Waals surface area contributed by atoms with Gasteiger partial charge in [0.05, 0.1) is 0 Å². The predicted octanol–water partition coefficient (Wildman–Crippen LogP) is 2.84. The third kappa shape index (κ3) is 3.19. The van der Waals surface area contributed by atoms with Crippen molar-refractivity contribution in [2.24, 2.45) is 0 Å². The maximum atomic E-state index is 2.34. The first-order valence-corrected chi connectivity index (χ1v) is 4.85.